The molecule has 0 saturated carbocycles. The number of anilines is 1. The van der Waals surface area contributed by atoms with Gasteiger partial charge in [-0.05, 0) is 49.6 Å². The molecule has 1 N–H and O–H groups in total. The molecule has 6 heteroatoms. The molecule has 0 amide bonds. The van der Waals surface area contributed by atoms with Gasteiger partial charge in [-0.25, -0.2) is 4.98 Å². The molecule has 1 aliphatic rings. The van der Waals surface area contributed by atoms with Gasteiger partial charge in [-0.3, -0.25) is 4.79 Å². The number of hydrogen-bond donors (Lipinski definition) is 1. The second-order valence-electron chi connectivity index (χ2n) is 6.89. The van der Waals surface area contributed by atoms with Gasteiger partial charge in [0.15, 0.2) is 0 Å². The van der Waals surface area contributed by atoms with Crippen LogP contribution >= 0.6 is 15.9 Å². The van der Waals surface area contributed by atoms with Crippen LogP contribution in [0.15, 0.2) is 69.0 Å². The minimum absolute atomic E-state index is 0.134. The van der Waals surface area contributed by atoms with Crippen molar-refractivity contribution in [3.63, 3.8) is 0 Å². The summed E-state index contributed by atoms with van der Waals surface area (Å²) in [5.41, 5.74) is 4.80. The number of fused-ring (bicyclic) bond motifs is 1. The minimum Gasteiger partial charge on any atom is -0.379 e. The molecule has 142 valence electrons. The monoisotopic (exact) mass is 436 g/mol. The van der Waals surface area contributed by atoms with E-state index in [9.17, 15) is 4.79 Å². The Hall–Kier alpha value is -2.73. The Balaban J connectivity index is 1.62. The molecule has 2 heterocycles. The Morgan fingerprint density at radius 2 is 1.89 bits per heavy atom. The third kappa shape index (κ3) is 4.07. The summed E-state index contributed by atoms with van der Waals surface area (Å²) in [7, 11) is 0. The SMILES string of the molecule is Cc1ccccc1C1=Nn2c(nc(CNc3ccc(Br)cc3)cc2=O)CCC1. The Kier molecular flexibility index (Phi) is 5.39. The highest BCUT2D eigenvalue weighted by molar-refractivity contribution is 9.10. The summed E-state index contributed by atoms with van der Waals surface area (Å²) in [6.45, 7) is 2.57. The maximum Gasteiger partial charge on any atom is 0.274 e. The summed E-state index contributed by atoms with van der Waals surface area (Å²) in [6, 6.07) is 17.7. The molecule has 5 nitrogen and oxygen atoms in total. The Morgan fingerprint density at radius 1 is 1.11 bits per heavy atom. The highest BCUT2D eigenvalue weighted by Gasteiger charge is 2.16. The number of hydrogen-bond acceptors (Lipinski definition) is 4. The molecule has 0 spiro atoms. The number of halogens is 1. The smallest absolute Gasteiger partial charge is 0.274 e. The molecule has 0 unspecified atom stereocenters. The first-order valence-electron chi connectivity index (χ1n) is 9.35. The summed E-state index contributed by atoms with van der Waals surface area (Å²) in [5, 5.41) is 7.98. The van der Waals surface area contributed by atoms with E-state index in [4.69, 9.17) is 4.98 Å². The van der Waals surface area contributed by atoms with Crippen molar-refractivity contribution < 1.29 is 0 Å². The molecule has 1 aliphatic heterocycles. The zero-order valence-electron chi connectivity index (χ0n) is 15.7. The van der Waals surface area contributed by atoms with Crippen molar-refractivity contribution >= 4 is 27.3 Å². The van der Waals surface area contributed by atoms with Crippen molar-refractivity contribution in [1.29, 1.82) is 0 Å². The second kappa shape index (κ2) is 8.10. The van der Waals surface area contributed by atoms with Crippen molar-refractivity contribution in [1.82, 2.24) is 9.66 Å². The summed E-state index contributed by atoms with van der Waals surface area (Å²) in [4.78, 5) is 17.4. The first kappa shape index (κ1) is 18.6. The first-order valence-corrected chi connectivity index (χ1v) is 10.1. The average Bonchev–Trinajstić information content (AvgIpc) is 2.91. The fourth-order valence-corrected chi connectivity index (χ4v) is 3.63. The number of nitrogens with one attached hydrogen (secondary N) is 1. The highest BCUT2D eigenvalue weighted by atomic mass is 79.9. The number of benzene rings is 2. The van der Waals surface area contributed by atoms with Crippen molar-refractivity contribution in [2.45, 2.75) is 32.7 Å². The van der Waals surface area contributed by atoms with E-state index in [1.807, 2.05) is 36.4 Å². The first-order chi connectivity index (χ1) is 13.6. The van der Waals surface area contributed by atoms with Gasteiger partial charge in [0.05, 0.1) is 18.0 Å². The molecular formula is C22H21BrN4O. The zero-order valence-corrected chi connectivity index (χ0v) is 17.2. The van der Waals surface area contributed by atoms with Crippen LogP contribution < -0.4 is 10.9 Å². The van der Waals surface area contributed by atoms with Gasteiger partial charge in [-0.2, -0.15) is 9.78 Å². The van der Waals surface area contributed by atoms with Crippen molar-refractivity contribution in [2.75, 3.05) is 5.32 Å². The third-order valence-corrected chi connectivity index (χ3v) is 5.35. The van der Waals surface area contributed by atoms with Gasteiger partial charge in [0, 0.05) is 28.2 Å². The van der Waals surface area contributed by atoms with Gasteiger partial charge < -0.3 is 5.32 Å². The summed E-state index contributed by atoms with van der Waals surface area (Å²) in [5.74, 6) is 0.726. The van der Waals surface area contributed by atoms with Gasteiger partial charge in [-0.15, -0.1) is 0 Å². The molecule has 2 aromatic carbocycles. The molecular weight excluding hydrogens is 416 g/mol. The van der Waals surface area contributed by atoms with E-state index in [1.165, 1.54) is 10.2 Å². The van der Waals surface area contributed by atoms with E-state index in [2.05, 4.69) is 45.4 Å². The lowest BCUT2D eigenvalue weighted by atomic mass is 10.0. The van der Waals surface area contributed by atoms with Gasteiger partial charge in [0.1, 0.15) is 5.82 Å². The fraction of sp³-hybridized carbons (Fsp3) is 0.227. The lowest BCUT2D eigenvalue weighted by Gasteiger charge is -2.10. The fourth-order valence-electron chi connectivity index (χ4n) is 3.37. The van der Waals surface area contributed by atoms with E-state index in [1.54, 1.807) is 6.07 Å². The molecule has 1 aromatic heterocycles. The van der Waals surface area contributed by atoms with Crippen LogP contribution in [0.3, 0.4) is 0 Å². The van der Waals surface area contributed by atoms with Gasteiger partial charge >= 0.3 is 0 Å². The maximum atomic E-state index is 12.7. The van der Waals surface area contributed by atoms with Gasteiger partial charge in [-0.1, -0.05) is 40.2 Å². The highest BCUT2D eigenvalue weighted by Crippen LogP contribution is 2.18. The number of aryl methyl sites for hydroxylation is 2. The quantitative estimate of drug-likeness (QED) is 0.653. The van der Waals surface area contributed by atoms with Crippen molar-refractivity contribution in [2.24, 2.45) is 5.10 Å². The second-order valence-corrected chi connectivity index (χ2v) is 7.81. The minimum atomic E-state index is -0.134. The van der Waals surface area contributed by atoms with Crippen LogP contribution in [0, 0.1) is 6.92 Å². The third-order valence-electron chi connectivity index (χ3n) is 4.82. The van der Waals surface area contributed by atoms with Crippen molar-refractivity contribution in [3.05, 3.63) is 92.1 Å². The van der Waals surface area contributed by atoms with Crippen LogP contribution in [0.4, 0.5) is 5.69 Å². The molecule has 3 aromatic rings. The van der Waals surface area contributed by atoms with Crippen LogP contribution in [-0.2, 0) is 13.0 Å². The summed E-state index contributed by atoms with van der Waals surface area (Å²) in [6.07, 6.45) is 2.49. The van der Waals surface area contributed by atoms with E-state index < -0.39 is 0 Å². The molecule has 0 radical (unpaired) electrons. The lowest BCUT2D eigenvalue weighted by Crippen LogP contribution is -2.23. The topological polar surface area (TPSA) is 59.3 Å². The average molecular weight is 437 g/mol. The van der Waals surface area contributed by atoms with Gasteiger partial charge in [0.2, 0.25) is 0 Å². The summed E-state index contributed by atoms with van der Waals surface area (Å²) >= 11 is 3.43. The largest absolute Gasteiger partial charge is 0.379 e. The standard InChI is InChI=1S/C22H21BrN4O/c1-15-5-2-3-6-19(15)20-7-4-8-21-25-18(13-22(28)27(21)26-20)14-24-17-11-9-16(23)10-12-17/h2-3,5-6,9-13,24H,4,7-8,14H2,1H3. The van der Waals surface area contributed by atoms with Crippen LogP contribution in [-0.4, -0.2) is 15.4 Å². The van der Waals surface area contributed by atoms with E-state index >= 15 is 0 Å². The van der Waals surface area contributed by atoms with Crippen LogP contribution in [0.2, 0.25) is 0 Å². The molecule has 0 atom stereocenters. The zero-order chi connectivity index (χ0) is 19.5. The lowest BCUT2D eigenvalue weighted by molar-refractivity contribution is 0.692. The summed E-state index contributed by atoms with van der Waals surface area (Å²) < 4.78 is 2.50. The predicted octanol–water partition coefficient (Wildman–Crippen LogP) is 4.52. The van der Waals surface area contributed by atoms with Gasteiger partial charge in [0.25, 0.3) is 5.56 Å². The molecule has 0 fully saturated rings. The molecule has 0 aliphatic carbocycles. The maximum absolute atomic E-state index is 12.7. The predicted molar refractivity (Wildman–Crippen MR) is 116 cm³/mol. The molecule has 4 rings (SSSR count). The van der Waals surface area contributed by atoms with Crippen LogP contribution in [0.1, 0.15) is 35.5 Å². The van der Waals surface area contributed by atoms with E-state index in [0.29, 0.717) is 6.54 Å². The Labute approximate surface area is 172 Å². The normalized spacial score (nSPS) is 13.4. The van der Waals surface area contributed by atoms with Crippen LogP contribution in [0.5, 0.6) is 0 Å². The van der Waals surface area contributed by atoms with E-state index in [0.717, 1.165) is 52.2 Å². The molecule has 0 bridgehead atoms. The van der Waals surface area contributed by atoms with Crippen LogP contribution in [0.25, 0.3) is 0 Å². The molecule has 0 saturated heterocycles. The number of rotatable bonds is 4. The number of nitrogens with zero attached hydrogens (tertiary/aromatic N) is 3. The Morgan fingerprint density at radius 3 is 2.68 bits per heavy atom. The Bertz CT molecular complexity index is 1090. The van der Waals surface area contributed by atoms with E-state index in [-0.39, 0.29) is 5.56 Å². The molecule has 28 heavy (non-hydrogen) atoms. The van der Waals surface area contributed by atoms with Crippen molar-refractivity contribution in [3.8, 4) is 0 Å². The number of aromatic nitrogens is 2.